The molecule has 0 aromatic heterocycles. The number of Topliss-reactive ketones (excluding diaryl/α,β-unsaturated/α-hetero) is 1. The van der Waals surface area contributed by atoms with E-state index in [2.05, 4.69) is 37.8 Å². The molecule has 3 aliphatic rings. The minimum Gasteiger partial charge on any atom is -0.384 e. The molecule has 0 bridgehead atoms. The SMILES string of the molecule is C=C1C[C@]2(COC)C(=O)CC[C@H]2[C@@H]2[C@H](C)Cc3ccccc3[C@@H]12. The highest BCUT2D eigenvalue weighted by Gasteiger charge is 2.59. The smallest absolute Gasteiger partial charge is 0.141 e. The number of carbonyl (C=O) groups excluding carboxylic acids is 1. The predicted octanol–water partition coefficient (Wildman–Crippen LogP) is 4.15. The van der Waals surface area contributed by atoms with Crippen molar-refractivity contribution in [1.29, 1.82) is 0 Å². The van der Waals surface area contributed by atoms with E-state index in [9.17, 15) is 4.79 Å². The largest absolute Gasteiger partial charge is 0.384 e. The van der Waals surface area contributed by atoms with Crippen molar-refractivity contribution >= 4 is 5.78 Å². The molecular weight excluding hydrogens is 284 g/mol. The number of carbonyl (C=O) groups is 1. The van der Waals surface area contributed by atoms with Crippen molar-refractivity contribution in [3.05, 3.63) is 47.5 Å². The molecule has 0 radical (unpaired) electrons. The minimum absolute atomic E-state index is 0.298. The maximum atomic E-state index is 12.8. The van der Waals surface area contributed by atoms with E-state index in [4.69, 9.17) is 4.74 Å². The zero-order chi connectivity index (χ0) is 16.2. The summed E-state index contributed by atoms with van der Waals surface area (Å²) >= 11 is 0. The van der Waals surface area contributed by atoms with E-state index in [0.29, 0.717) is 36.1 Å². The van der Waals surface area contributed by atoms with E-state index >= 15 is 0 Å². The molecule has 2 saturated carbocycles. The third kappa shape index (κ3) is 2.00. The molecule has 1 aromatic carbocycles. The normalized spacial score (nSPS) is 38.9. The average molecular weight is 310 g/mol. The van der Waals surface area contributed by atoms with E-state index < -0.39 is 0 Å². The molecule has 23 heavy (non-hydrogen) atoms. The van der Waals surface area contributed by atoms with Gasteiger partial charge in [0.15, 0.2) is 0 Å². The third-order valence-electron chi connectivity index (χ3n) is 6.77. The fourth-order valence-electron chi connectivity index (χ4n) is 5.98. The van der Waals surface area contributed by atoms with Crippen LogP contribution in [0.25, 0.3) is 0 Å². The van der Waals surface area contributed by atoms with Crippen LogP contribution in [-0.4, -0.2) is 19.5 Å². The Morgan fingerprint density at radius 2 is 2.13 bits per heavy atom. The molecule has 0 N–H and O–H groups in total. The molecule has 5 atom stereocenters. The summed E-state index contributed by atoms with van der Waals surface area (Å²) in [6.45, 7) is 7.38. The molecule has 0 unspecified atom stereocenters. The highest BCUT2D eigenvalue weighted by atomic mass is 16.5. The predicted molar refractivity (Wildman–Crippen MR) is 91.3 cm³/mol. The van der Waals surface area contributed by atoms with E-state index in [1.807, 2.05) is 0 Å². The van der Waals surface area contributed by atoms with Gasteiger partial charge in [0.25, 0.3) is 0 Å². The van der Waals surface area contributed by atoms with Gasteiger partial charge in [-0.05, 0) is 48.1 Å². The van der Waals surface area contributed by atoms with Crippen LogP contribution in [0.2, 0.25) is 0 Å². The fraction of sp³-hybridized carbons (Fsp3) is 0.571. The van der Waals surface area contributed by atoms with Gasteiger partial charge in [0.1, 0.15) is 5.78 Å². The van der Waals surface area contributed by atoms with Crippen LogP contribution in [0.4, 0.5) is 0 Å². The van der Waals surface area contributed by atoms with E-state index in [1.54, 1.807) is 7.11 Å². The van der Waals surface area contributed by atoms with Gasteiger partial charge in [-0.25, -0.2) is 0 Å². The number of rotatable bonds is 2. The fourth-order valence-corrected chi connectivity index (χ4v) is 5.98. The number of hydrogen-bond donors (Lipinski definition) is 0. The molecule has 2 fully saturated rings. The summed E-state index contributed by atoms with van der Waals surface area (Å²) in [4.78, 5) is 12.8. The Morgan fingerprint density at radius 1 is 1.35 bits per heavy atom. The number of fused-ring (bicyclic) bond motifs is 5. The maximum Gasteiger partial charge on any atom is 0.141 e. The van der Waals surface area contributed by atoms with E-state index in [1.165, 1.54) is 16.7 Å². The number of ketones is 1. The second-order valence-corrected chi connectivity index (χ2v) is 7.93. The molecule has 0 aliphatic heterocycles. The summed E-state index contributed by atoms with van der Waals surface area (Å²) < 4.78 is 5.53. The van der Waals surface area contributed by atoms with Gasteiger partial charge in [-0.1, -0.05) is 43.3 Å². The molecule has 0 spiro atoms. The Bertz CT molecular complexity index is 662. The van der Waals surface area contributed by atoms with Gasteiger partial charge in [0.05, 0.1) is 12.0 Å². The monoisotopic (exact) mass is 310 g/mol. The van der Waals surface area contributed by atoms with Gasteiger partial charge >= 0.3 is 0 Å². The summed E-state index contributed by atoms with van der Waals surface area (Å²) in [6, 6.07) is 8.85. The van der Waals surface area contributed by atoms with E-state index in [-0.39, 0.29) is 5.41 Å². The molecule has 1 aromatic rings. The Balaban J connectivity index is 1.82. The van der Waals surface area contributed by atoms with Crippen LogP contribution in [0.15, 0.2) is 36.4 Å². The third-order valence-corrected chi connectivity index (χ3v) is 6.77. The van der Waals surface area contributed by atoms with Gasteiger partial charge in [-0.3, -0.25) is 4.79 Å². The first-order valence-electron chi connectivity index (χ1n) is 8.86. The molecular formula is C21H26O2. The summed E-state index contributed by atoms with van der Waals surface area (Å²) in [6.07, 6.45) is 3.69. The molecule has 3 aliphatic carbocycles. The van der Waals surface area contributed by atoms with Crippen molar-refractivity contribution in [3.8, 4) is 0 Å². The maximum absolute atomic E-state index is 12.8. The second-order valence-electron chi connectivity index (χ2n) is 7.93. The lowest BCUT2D eigenvalue weighted by molar-refractivity contribution is -0.134. The topological polar surface area (TPSA) is 26.3 Å². The molecule has 0 amide bonds. The lowest BCUT2D eigenvalue weighted by Gasteiger charge is -2.52. The first kappa shape index (κ1) is 15.1. The highest BCUT2D eigenvalue weighted by molar-refractivity contribution is 5.88. The van der Waals surface area contributed by atoms with Gasteiger partial charge in [0.2, 0.25) is 0 Å². The standard InChI is InChI=1S/C21H26O2/c1-13-10-15-6-4-5-7-16(15)19-14(2)11-21(12-23-3)17(20(13)19)8-9-18(21)22/h4-7,13,17,19-20H,2,8-12H2,1,3H3/t13-,17+,19-,20+,21-/m1/s1. The van der Waals surface area contributed by atoms with Crippen LogP contribution in [0, 0.1) is 23.2 Å². The lowest BCUT2D eigenvalue weighted by Crippen LogP contribution is -2.50. The molecule has 0 saturated heterocycles. The van der Waals surface area contributed by atoms with E-state index in [0.717, 1.165) is 25.7 Å². The second kappa shape index (κ2) is 5.31. The van der Waals surface area contributed by atoms with Crippen molar-refractivity contribution in [2.45, 2.75) is 38.5 Å². The van der Waals surface area contributed by atoms with Crippen molar-refractivity contribution in [1.82, 2.24) is 0 Å². The Labute approximate surface area is 138 Å². The molecule has 2 nitrogen and oxygen atoms in total. The average Bonchev–Trinajstić information content (AvgIpc) is 2.84. The number of methoxy groups -OCH3 is 1. The number of hydrogen-bond acceptors (Lipinski definition) is 2. The summed E-state index contributed by atoms with van der Waals surface area (Å²) in [5.74, 6) is 2.42. The quantitative estimate of drug-likeness (QED) is 0.767. The lowest BCUT2D eigenvalue weighted by atomic mass is 9.51. The highest BCUT2D eigenvalue weighted by Crippen LogP contribution is 2.62. The van der Waals surface area contributed by atoms with Crippen LogP contribution in [-0.2, 0) is 16.0 Å². The summed E-state index contributed by atoms with van der Waals surface area (Å²) in [5.41, 5.74) is 3.89. The Kier molecular flexibility index (Phi) is 3.49. The van der Waals surface area contributed by atoms with Gasteiger partial charge in [-0.2, -0.15) is 0 Å². The van der Waals surface area contributed by atoms with Crippen LogP contribution < -0.4 is 0 Å². The van der Waals surface area contributed by atoms with Crippen LogP contribution in [0.1, 0.15) is 43.2 Å². The van der Waals surface area contributed by atoms with Gasteiger partial charge in [-0.15, -0.1) is 0 Å². The molecule has 0 heterocycles. The van der Waals surface area contributed by atoms with Crippen LogP contribution in [0.5, 0.6) is 0 Å². The van der Waals surface area contributed by atoms with Gasteiger partial charge < -0.3 is 4.74 Å². The first-order valence-corrected chi connectivity index (χ1v) is 8.86. The summed E-state index contributed by atoms with van der Waals surface area (Å²) in [5, 5.41) is 0. The zero-order valence-electron chi connectivity index (χ0n) is 14.2. The Morgan fingerprint density at radius 3 is 2.91 bits per heavy atom. The number of allylic oxidation sites excluding steroid dienone is 1. The summed E-state index contributed by atoms with van der Waals surface area (Å²) in [7, 11) is 1.73. The van der Waals surface area contributed by atoms with Crippen molar-refractivity contribution in [3.63, 3.8) is 0 Å². The van der Waals surface area contributed by atoms with Crippen LogP contribution >= 0.6 is 0 Å². The minimum atomic E-state index is -0.298. The van der Waals surface area contributed by atoms with Crippen molar-refractivity contribution in [2.24, 2.45) is 23.2 Å². The van der Waals surface area contributed by atoms with Crippen molar-refractivity contribution in [2.75, 3.05) is 13.7 Å². The molecule has 4 rings (SSSR count). The van der Waals surface area contributed by atoms with Crippen molar-refractivity contribution < 1.29 is 9.53 Å². The number of ether oxygens (including phenoxy) is 1. The first-order chi connectivity index (χ1) is 11.1. The van der Waals surface area contributed by atoms with Gasteiger partial charge in [0, 0.05) is 19.4 Å². The zero-order valence-corrected chi connectivity index (χ0v) is 14.2. The molecule has 122 valence electrons. The Hall–Kier alpha value is -1.41. The van der Waals surface area contributed by atoms with Crippen LogP contribution in [0.3, 0.4) is 0 Å². The number of benzene rings is 1. The molecule has 2 heteroatoms.